The molecule has 2 rings (SSSR count). The lowest BCUT2D eigenvalue weighted by Gasteiger charge is -2.39. The molecule has 1 aromatic rings. The van der Waals surface area contributed by atoms with Gasteiger partial charge in [0.05, 0.1) is 11.2 Å². The number of ether oxygens (including phenoxy) is 1. The molecule has 1 heterocycles. The van der Waals surface area contributed by atoms with E-state index in [2.05, 4.69) is 65.8 Å². The molecule has 106 valence electrons. The van der Waals surface area contributed by atoms with Crippen LogP contribution < -0.4 is 5.73 Å². The Kier molecular flexibility index (Phi) is 3.31. The van der Waals surface area contributed by atoms with Gasteiger partial charge < -0.3 is 10.5 Å². The molecule has 2 heteroatoms. The van der Waals surface area contributed by atoms with Crippen LogP contribution in [-0.4, -0.2) is 11.2 Å². The molecular formula is C17H27NO. The average Bonchev–Trinajstić information content (AvgIpc) is 2.48. The second kappa shape index (κ2) is 4.32. The van der Waals surface area contributed by atoms with E-state index in [9.17, 15) is 0 Å². The fourth-order valence-corrected chi connectivity index (χ4v) is 3.61. The maximum Gasteiger partial charge on any atom is 0.0683 e. The Labute approximate surface area is 117 Å². The molecule has 0 bridgehead atoms. The first-order chi connectivity index (χ1) is 8.55. The summed E-state index contributed by atoms with van der Waals surface area (Å²) in [6.45, 7) is 12.9. The van der Waals surface area contributed by atoms with Crippen molar-refractivity contribution in [3.05, 3.63) is 35.4 Å². The van der Waals surface area contributed by atoms with Gasteiger partial charge in [0.2, 0.25) is 0 Å². The third kappa shape index (κ3) is 2.70. The van der Waals surface area contributed by atoms with E-state index in [1.54, 1.807) is 0 Å². The molecule has 0 amide bonds. The van der Waals surface area contributed by atoms with Crippen LogP contribution in [-0.2, 0) is 10.3 Å². The molecule has 1 saturated heterocycles. The minimum atomic E-state index is -0.370. The van der Waals surface area contributed by atoms with Crippen molar-refractivity contribution < 1.29 is 4.74 Å². The first-order valence-corrected chi connectivity index (χ1v) is 7.11. The highest BCUT2D eigenvalue weighted by Gasteiger charge is 2.52. The van der Waals surface area contributed by atoms with Crippen molar-refractivity contribution in [1.29, 1.82) is 0 Å². The molecule has 0 radical (unpaired) electrons. The Morgan fingerprint density at radius 2 is 1.68 bits per heavy atom. The molecule has 1 aliphatic heterocycles. The summed E-state index contributed by atoms with van der Waals surface area (Å²) in [6.07, 6.45) is 0.987. The Balaban J connectivity index is 2.36. The molecule has 2 unspecified atom stereocenters. The fraction of sp³-hybridized carbons (Fsp3) is 0.647. The predicted octanol–water partition coefficient (Wildman–Crippen LogP) is 3.76. The highest BCUT2D eigenvalue weighted by atomic mass is 16.5. The Hall–Kier alpha value is -0.860. The van der Waals surface area contributed by atoms with E-state index in [4.69, 9.17) is 10.5 Å². The zero-order chi connectivity index (χ0) is 14.5. The lowest BCUT2D eigenvalue weighted by atomic mass is 9.70. The number of nitrogens with two attached hydrogens (primary N) is 1. The molecular weight excluding hydrogens is 234 g/mol. The average molecular weight is 261 g/mol. The maximum absolute atomic E-state index is 6.71. The third-order valence-electron chi connectivity index (χ3n) is 4.47. The van der Waals surface area contributed by atoms with Gasteiger partial charge in [-0.15, -0.1) is 0 Å². The van der Waals surface area contributed by atoms with Gasteiger partial charge in [0, 0.05) is 11.5 Å². The molecule has 0 spiro atoms. The first kappa shape index (κ1) is 14.5. The van der Waals surface area contributed by atoms with E-state index >= 15 is 0 Å². The summed E-state index contributed by atoms with van der Waals surface area (Å²) in [5.41, 5.74) is 8.50. The Morgan fingerprint density at radius 3 is 2.11 bits per heavy atom. The first-order valence-electron chi connectivity index (χ1n) is 7.11. The predicted molar refractivity (Wildman–Crippen MR) is 80.1 cm³/mol. The van der Waals surface area contributed by atoms with Crippen LogP contribution in [0.4, 0.5) is 0 Å². The van der Waals surface area contributed by atoms with E-state index in [0.29, 0.717) is 5.92 Å². The zero-order valence-electron chi connectivity index (χ0n) is 13.1. The number of benzene rings is 1. The van der Waals surface area contributed by atoms with Crippen molar-refractivity contribution in [1.82, 2.24) is 0 Å². The van der Waals surface area contributed by atoms with Crippen LogP contribution in [0.15, 0.2) is 24.3 Å². The van der Waals surface area contributed by atoms with E-state index in [1.165, 1.54) is 11.1 Å². The number of aryl methyl sites for hydroxylation is 1. The fourth-order valence-electron chi connectivity index (χ4n) is 3.61. The number of hydrogen-bond acceptors (Lipinski definition) is 2. The summed E-state index contributed by atoms with van der Waals surface area (Å²) in [7, 11) is 0. The zero-order valence-corrected chi connectivity index (χ0v) is 13.1. The van der Waals surface area contributed by atoms with Crippen LogP contribution in [0.3, 0.4) is 0 Å². The normalized spacial score (nSPS) is 28.1. The molecule has 1 aromatic carbocycles. The van der Waals surface area contributed by atoms with Gasteiger partial charge in [-0.25, -0.2) is 0 Å². The smallest absolute Gasteiger partial charge is 0.0683 e. The molecule has 2 N–H and O–H groups in total. The van der Waals surface area contributed by atoms with E-state index in [0.717, 1.165) is 6.42 Å². The summed E-state index contributed by atoms with van der Waals surface area (Å²) in [5.74, 6) is 0.303. The molecule has 2 atom stereocenters. The summed E-state index contributed by atoms with van der Waals surface area (Å²) in [6, 6.07) is 8.57. The van der Waals surface area contributed by atoms with Crippen LogP contribution in [0.5, 0.6) is 0 Å². The lowest BCUT2D eigenvalue weighted by molar-refractivity contribution is -0.0814. The van der Waals surface area contributed by atoms with Crippen molar-refractivity contribution in [2.45, 2.75) is 64.7 Å². The minimum absolute atomic E-state index is 0.0977. The van der Waals surface area contributed by atoms with Gasteiger partial charge in [0.1, 0.15) is 0 Å². The van der Waals surface area contributed by atoms with Gasteiger partial charge >= 0.3 is 0 Å². The SMILES string of the molecule is Cc1ccc(C(C)(N)C2CC(C)(C)OC2(C)C)cc1. The highest BCUT2D eigenvalue weighted by molar-refractivity contribution is 5.29. The molecule has 2 nitrogen and oxygen atoms in total. The third-order valence-corrected chi connectivity index (χ3v) is 4.47. The van der Waals surface area contributed by atoms with Crippen LogP contribution in [0.1, 0.15) is 52.2 Å². The van der Waals surface area contributed by atoms with Gasteiger partial charge in [0.25, 0.3) is 0 Å². The quantitative estimate of drug-likeness (QED) is 0.879. The Morgan fingerprint density at radius 1 is 1.16 bits per heavy atom. The van der Waals surface area contributed by atoms with Gasteiger partial charge in [-0.3, -0.25) is 0 Å². The monoisotopic (exact) mass is 261 g/mol. The highest BCUT2D eigenvalue weighted by Crippen LogP contribution is 2.49. The van der Waals surface area contributed by atoms with Crippen molar-refractivity contribution >= 4 is 0 Å². The molecule has 19 heavy (non-hydrogen) atoms. The van der Waals surface area contributed by atoms with Crippen molar-refractivity contribution in [2.75, 3.05) is 0 Å². The van der Waals surface area contributed by atoms with Crippen LogP contribution in [0.25, 0.3) is 0 Å². The number of rotatable bonds is 2. The van der Waals surface area contributed by atoms with Crippen molar-refractivity contribution in [3.63, 3.8) is 0 Å². The standard InChI is InChI=1S/C17H27NO/c1-12-7-9-13(10-8-12)17(6,18)14-11-15(2,3)19-16(14,4)5/h7-10,14H,11,18H2,1-6H3. The van der Waals surface area contributed by atoms with Crippen molar-refractivity contribution in [3.8, 4) is 0 Å². The second-order valence-corrected chi connectivity index (χ2v) is 7.37. The summed E-state index contributed by atoms with van der Waals surface area (Å²) in [4.78, 5) is 0. The summed E-state index contributed by atoms with van der Waals surface area (Å²) in [5, 5.41) is 0. The largest absolute Gasteiger partial charge is 0.369 e. The summed E-state index contributed by atoms with van der Waals surface area (Å²) < 4.78 is 6.20. The van der Waals surface area contributed by atoms with Crippen molar-refractivity contribution in [2.24, 2.45) is 11.7 Å². The van der Waals surface area contributed by atoms with E-state index < -0.39 is 0 Å². The minimum Gasteiger partial charge on any atom is -0.369 e. The lowest BCUT2D eigenvalue weighted by Crippen LogP contribution is -2.48. The number of hydrogen-bond donors (Lipinski definition) is 1. The molecule has 0 aromatic heterocycles. The van der Waals surface area contributed by atoms with Gasteiger partial charge in [0.15, 0.2) is 0 Å². The van der Waals surface area contributed by atoms with Gasteiger partial charge in [-0.2, -0.15) is 0 Å². The molecule has 0 aliphatic carbocycles. The second-order valence-electron chi connectivity index (χ2n) is 7.37. The Bertz CT molecular complexity index is 457. The molecule has 1 fully saturated rings. The molecule has 0 saturated carbocycles. The van der Waals surface area contributed by atoms with Crippen LogP contribution in [0.2, 0.25) is 0 Å². The van der Waals surface area contributed by atoms with Gasteiger partial charge in [-0.1, -0.05) is 29.8 Å². The maximum atomic E-state index is 6.71. The van der Waals surface area contributed by atoms with Gasteiger partial charge in [-0.05, 0) is 53.5 Å². The van der Waals surface area contributed by atoms with E-state index in [1.807, 2.05) is 0 Å². The van der Waals surface area contributed by atoms with E-state index in [-0.39, 0.29) is 16.7 Å². The molecule has 1 aliphatic rings. The topological polar surface area (TPSA) is 35.2 Å². The van der Waals surface area contributed by atoms with Crippen LogP contribution >= 0.6 is 0 Å². The van der Waals surface area contributed by atoms with Crippen LogP contribution in [0, 0.1) is 12.8 Å². The summed E-state index contributed by atoms with van der Waals surface area (Å²) >= 11 is 0.